The number of likely N-dealkylation sites (tertiary alicyclic amines) is 1. The Hall–Kier alpha value is -3.00. The molecule has 1 aliphatic rings. The SMILES string of the molecule is C=C(OC(C)(C)I)N1CCC(c2cc(=O)[nH]c3c(-c4nc(-c5ccccc5OC(F)F)cs4)cnn23)CC1. The van der Waals surface area contributed by atoms with Gasteiger partial charge in [0.25, 0.3) is 5.56 Å². The maximum absolute atomic E-state index is 12.9. The van der Waals surface area contributed by atoms with Crippen molar-refractivity contribution >= 4 is 39.6 Å². The summed E-state index contributed by atoms with van der Waals surface area (Å²) < 4.78 is 37.8. The highest BCUT2D eigenvalue weighted by molar-refractivity contribution is 14.1. The van der Waals surface area contributed by atoms with Crippen molar-refractivity contribution in [3.05, 3.63) is 70.4 Å². The van der Waals surface area contributed by atoms with Crippen molar-refractivity contribution in [2.75, 3.05) is 13.1 Å². The molecule has 1 N–H and O–H groups in total. The van der Waals surface area contributed by atoms with Gasteiger partial charge in [-0.15, -0.1) is 11.3 Å². The summed E-state index contributed by atoms with van der Waals surface area (Å²) in [5.74, 6) is 0.839. The second-order valence-corrected chi connectivity index (χ2v) is 12.9. The van der Waals surface area contributed by atoms with Gasteiger partial charge < -0.3 is 19.4 Å². The number of piperidine rings is 1. The summed E-state index contributed by atoms with van der Waals surface area (Å²) in [6, 6.07) is 8.13. The second kappa shape index (κ2) is 10.6. The Labute approximate surface area is 235 Å². The molecule has 1 saturated heterocycles. The number of para-hydroxylation sites is 1. The summed E-state index contributed by atoms with van der Waals surface area (Å²) in [7, 11) is 0. The highest BCUT2D eigenvalue weighted by Gasteiger charge is 2.27. The lowest BCUT2D eigenvalue weighted by atomic mass is 9.93. The van der Waals surface area contributed by atoms with E-state index in [2.05, 4.69) is 53.9 Å². The number of rotatable bonds is 8. The molecule has 0 unspecified atom stereocenters. The minimum Gasteiger partial charge on any atom is -0.463 e. The Morgan fingerprint density at radius 2 is 2.00 bits per heavy atom. The van der Waals surface area contributed by atoms with Gasteiger partial charge in [-0.25, -0.2) is 9.50 Å². The smallest absolute Gasteiger partial charge is 0.387 e. The van der Waals surface area contributed by atoms with Crippen LogP contribution in [0.15, 0.2) is 59.2 Å². The van der Waals surface area contributed by atoms with Crippen molar-refractivity contribution in [2.45, 2.75) is 42.8 Å². The van der Waals surface area contributed by atoms with Gasteiger partial charge in [0.05, 0.1) is 23.1 Å². The molecular weight excluding hydrogens is 627 g/mol. The number of thiazole rings is 1. The number of hydrogen-bond acceptors (Lipinski definition) is 7. The van der Waals surface area contributed by atoms with Crippen molar-refractivity contribution in [1.82, 2.24) is 24.5 Å². The maximum atomic E-state index is 12.9. The number of nitrogens with one attached hydrogen (secondary N) is 1. The summed E-state index contributed by atoms with van der Waals surface area (Å²) in [4.78, 5) is 22.4. The Kier molecular flexibility index (Phi) is 7.45. The van der Waals surface area contributed by atoms with E-state index in [9.17, 15) is 13.6 Å². The number of aromatic amines is 1. The molecule has 0 spiro atoms. The summed E-state index contributed by atoms with van der Waals surface area (Å²) in [6.45, 7) is 6.62. The molecule has 5 rings (SSSR count). The van der Waals surface area contributed by atoms with E-state index in [0.717, 1.165) is 31.6 Å². The van der Waals surface area contributed by atoms with Crippen LogP contribution >= 0.6 is 33.9 Å². The van der Waals surface area contributed by atoms with E-state index in [1.807, 2.05) is 13.8 Å². The van der Waals surface area contributed by atoms with Gasteiger partial charge in [0.1, 0.15) is 16.4 Å². The standard InChI is InChI=1S/C26H26F2IN5O3S/c1-15(37-26(2,3)29)33-10-8-16(9-11-33)20-12-22(35)32-23-18(13-30-34(20)23)24-31-19(14-38-24)17-6-4-5-7-21(17)36-25(27)28/h4-7,12-14,16,25H,1,8-11H2,2-3H3,(H,32,35). The molecule has 4 heterocycles. The summed E-state index contributed by atoms with van der Waals surface area (Å²) >= 11 is 3.57. The molecule has 3 aromatic heterocycles. The van der Waals surface area contributed by atoms with Crippen LogP contribution in [0.3, 0.4) is 0 Å². The van der Waals surface area contributed by atoms with Gasteiger partial charge in [0, 0.05) is 36.0 Å². The number of aromatic nitrogens is 4. The van der Waals surface area contributed by atoms with Crippen LogP contribution in [0.1, 0.15) is 38.3 Å². The first-order chi connectivity index (χ1) is 18.1. The molecule has 200 valence electrons. The normalized spacial score (nSPS) is 14.8. The van der Waals surface area contributed by atoms with Crippen LogP contribution in [0.2, 0.25) is 0 Å². The van der Waals surface area contributed by atoms with Crippen molar-refractivity contribution in [3.8, 4) is 27.6 Å². The van der Waals surface area contributed by atoms with Crippen LogP contribution in [0.25, 0.3) is 27.5 Å². The zero-order valence-corrected chi connectivity index (χ0v) is 23.8. The average molecular weight is 653 g/mol. The quantitative estimate of drug-likeness (QED) is 0.138. The van der Waals surface area contributed by atoms with Gasteiger partial charge in [-0.05, 0) is 68.0 Å². The summed E-state index contributed by atoms with van der Waals surface area (Å²) in [5, 5.41) is 6.97. The summed E-state index contributed by atoms with van der Waals surface area (Å²) in [6.07, 6.45) is 3.31. The van der Waals surface area contributed by atoms with Crippen LogP contribution in [-0.4, -0.2) is 47.8 Å². The minimum atomic E-state index is -2.94. The highest BCUT2D eigenvalue weighted by atomic mass is 127. The number of fused-ring (bicyclic) bond motifs is 1. The van der Waals surface area contributed by atoms with Crippen LogP contribution in [-0.2, 0) is 4.74 Å². The molecule has 1 fully saturated rings. The third kappa shape index (κ3) is 5.70. The van der Waals surface area contributed by atoms with E-state index in [-0.39, 0.29) is 20.8 Å². The Balaban J connectivity index is 1.41. The molecule has 12 heteroatoms. The third-order valence-electron chi connectivity index (χ3n) is 6.27. The number of benzene rings is 1. The maximum Gasteiger partial charge on any atom is 0.387 e. The van der Waals surface area contributed by atoms with Gasteiger partial charge in [-0.3, -0.25) is 4.79 Å². The number of H-pyrrole nitrogens is 1. The predicted molar refractivity (Wildman–Crippen MR) is 151 cm³/mol. The van der Waals surface area contributed by atoms with Crippen molar-refractivity contribution in [1.29, 1.82) is 0 Å². The van der Waals surface area contributed by atoms with Gasteiger partial charge in [0.15, 0.2) is 9.49 Å². The third-order valence-corrected chi connectivity index (χ3v) is 7.37. The average Bonchev–Trinajstić information content (AvgIpc) is 3.50. The minimum absolute atomic E-state index is 0.0522. The highest BCUT2D eigenvalue weighted by Crippen LogP contribution is 2.36. The summed E-state index contributed by atoms with van der Waals surface area (Å²) in [5.41, 5.74) is 2.79. The lowest BCUT2D eigenvalue weighted by Gasteiger charge is -2.36. The van der Waals surface area contributed by atoms with Gasteiger partial charge in [0.2, 0.25) is 0 Å². The topological polar surface area (TPSA) is 84.8 Å². The molecule has 1 aliphatic heterocycles. The van der Waals surface area contributed by atoms with Gasteiger partial charge in [-0.2, -0.15) is 13.9 Å². The number of alkyl halides is 3. The lowest BCUT2D eigenvalue weighted by Crippen LogP contribution is -2.35. The van der Waals surface area contributed by atoms with E-state index < -0.39 is 6.61 Å². The molecule has 8 nitrogen and oxygen atoms in total. The van der Waals surface area contributed by atoms with E-state index >= 15 is 0 Å². The monoisotopic (exact) mass is 653 g/mol. The first kappa shape index (κ1) is 26.6. The molecule has 1 aromatic carbocycles. The number of hydrogen-bond donors (Lipinski definition) is 1. The van der Waals surface area contributed by atoms with Crippen LogP contribution in [0.4, 0.5) is 8.78 Å². The molecular formula is C26H26F2IN5O3S. The Morgan fingerprint density at radius 3 is 2.71 bits per heavy atom. The molecule has 0 amide bonds. The molecule has 38 heavy (non-hydrogen) atoms. The van der Waals surface area contributed by atoms with Crippen molar-refractivity contribution < 1.29 is 18.3 Å². The molecule has 0 bridgehead atoms. The van der Waals surface area contributed by atoms with E-state index in [1.54, 1.807) is 40.4 Å². The van der Waals surface area contributed by atoms with Gasteiger partial charge >= 0.3 is 6.61 Å². The fourth-order valence-electron chi connectivity index (χ4n) is 4.63. The molecule has 0 aliphatic carbocycles. The molecule has 0 saturated carbocycles. The lowest BCUT2D eigenvalue weighted by molar-refractivity contribution is -0.0494. The van der Waals surface area contributed by atoms with Crippen LogP contribution < -0.4 is 10.3 Å². The zero-order valence-electron chi connectivity index (χ0n) is 20.8. The first-order valence-corrected chi connectivity index (χ1v) is 14.0. The Bertz CT molecular complexity index is 1520. The fourth-order valence-corrected chi connectivity index (χ4v) is 5.71. The number of nitrogens with zero attached hydrogens (tertiary/aromatic N) is 4. The Morgan fingerprint density at radius 1 is 1.26 bits per heavy atom. The first-order valence-electron chi connectivity index (χ1n) is 12.0. The predicted octanol–water partition coefficient (Wildman–Crippen LogP) is 6.25. The van der Waals surface area contributed by atoms with Crippen LogP contribution in [0.5, 0.6) is 5.75 Å². The number of halogens is 3. The molecule has 0 radical (unpaired) electrons. The van der Waals surface area contributed by atoms with Gasteiger partial charge in [-0.1, -0.05) is 12.1 Å². The molecule has 4 aromatic rings. The van der Waals surface area contributed by atoms with Crippen molar-refractivity contribution in [2.24, 2.45) is 0 Å². The van der Waals surface area contributed by atoms with E-state index in [0.29, 0.717) is 33.4 Å². The largest absolute Gasteiger partial charge is 0.463 e. The second-order valence-electron chi connectivity index (χ2n) is 9.41. The van der Waals surface area contributed by atoms with E-state index in [4.69, 9.17) is 4.74 Å². The fraction of sp³-hybridized carbons (Fsp3) is 0.346. The van der Waals surface area contributed by atoms with Crippen LogP contribution in [0, 0.1) is 0 Å². The van der Waals surface area contributed by atoms with Crippen molar-refractivity contribution in [3.63, 3.8) is 0 Å². The number of ether oxygens (including phenoxy) is 2. The zero-order chi connectivity index (χ0) is 27.0. The van der Waals surface area contributed by atoms with E-state index in [1.165, 1.54) is 17.4 Å². The molecule has 0 atom stereocenters.